The molecule has 0 atom stereocenters. The van der Waals surface area contributed by atoms with Gasteiger partial charge in [0.15, 0.2) is 4.80 Å². The number of thiazole rings is 1. The van der Waals surface area contributed by atoms with E-state index in [1.165, 1.54) is 11.1 Å². The van der Waals surface area contributed by atoms with Gasteiger partial charge in [0.05, 0.1) is 5.69 Å². The summed E-state index contributed by atoms with van der Waals surface area (Å²) in [6.07, 6.45) is 4.29. The van der Waals surface area contributed by atoms with Crippen LogP contribution >= 0.6 is 11.3 Å². The van der Waals surface area contributed by atoms with Crippen molar-refractivity contribution in [1.82, 2.24) is 4.57 Å². The number of nitrogens with zero attached hydrogens (tertiary/aromatic N) is 2. The lowest BCUT2D eigenvalue weighted by atomic mass is 10.1. The lowest BCUT2D eigenvalue weighted by Crippen LogP contribution is -2.13. The fraction of sp³-hybridized carbons (Fsp3) is 0.400. The third-order valence-electron chi connectivity index (χ3n) is 3.03. The van der Waals surface area contributed by atoms with Crippen LogP contribution in [0.25, 0.3) is 0 Å². The summed E-state index contributed by atoms with van der Waals surface area (Å²) in [7, 11) is 0. The first-order chi connectivity index (χ1) is 8.76. The van der Waals surface area contributed by atoms with E-state index < -0.39 is 0 Å². The number of rotatable bonds is 4. The van der Waals surface area contributed by atoms with Crippen LogP contribution < -0.4 is 4.80 Å². The maximum absolute atomic E-state index is 4.87. The van der Waals surface area contributed by atoms with Crippen LogP contribution in [0.5, 0.6) is 0 Å². The fourth-order valence-electron chi connectivity index (χ4n) is 2.06. The van der Waals surface area contributed by atoms with Gasteiger partial charge in [0, 0.05) is 18.1 Å². The Morgan fingerprint density at radius 1 is 1.28 bits per heavy atom. The highest BCUT2D eigenvalue weighted by Crippen LogP contribution is 2.23. The molecule has 0 unspecified atom stereocenters. The summed E-state index contributed by atoms with van der Waals surface area (Å²) in [5.41, 5.74) is 3.73. The smallest absolute Gasteiger partial charge is 0.189 e. The SMILES string of the molecule is CCCn1ccsc1=Nc1c(C)cccc1CC. The molecule has 0 saturated carbocycles. The highest BCUT2D eigenvalue weighted by atomic mass is 32.1. The topological polar surface area (TPSA) is 17.3 Å². The van der Waals surface area contributed by atoms with Crippen LogP contribution in [0, 0.1) is 6.92 Å². The molecular weight excluding hydrogens is 240 g/mol. The molecule has 0 radical (unpaired) electrons. The van der Waals surface area contributed by atoms with Gasteiger partial charge < -0.3 is 4.57 Å². The van der Waals surface area contributed by atoms with Gasteiger partial charge in [0.1, 0.15) is 0 Å². The van der Waals surface area contributed by atoms with Gasteiger partial charge in [-0.1, -0.05) is 32.0 Å². The number of aromatic nitrogens is 1. The summed E-state index contributed by atoms with van der Waals surface area (Å²) < 4.78 is 2.23. The molecule has 0 saturated heterocycles. The van der Waals surface area contributed by atoms with Crippen molar-refractivity contribution in [1.29, 1.82) is 0 Å². The normalized spacial score (nSPS) is 12.1. The maximum atomic E-state index is 4.87. The van der Waals surface area contributed by atoms with Gasteiger partial charge in [-0.3, -0.25) is 0 Å². The predicted octanol–water partition coefficient (Wildman–Crippen LogP) is 4.06. The molecule has 2 aromatic rings. The third-order valence-corrected chi connectivity index (χ3v) is 3.83. The maximum Gasteiger partial charge on any atom is 0.189 e. The molecule has 1 aromatic carbocycles. The molecule has 0 aliphatic heterocycles. The monoisotopic (exact) mass is 260 g/mol. The van der Waals surface area contributed by atoms with Crippen molar-refractivity contribution in [3.8, 4) is 0 Å². The van der Waals surface area contributed by atoms with Gasteiger partial charge in [-0.25, -0.2) is 4.99 Å². The van der Waals surface area contributed by atoms with Crippen molar-refractivity contribution in [2.24, 2.45) is 4.99 Å². The second-order valence-corrected chi connectivity index (χ2v) is 5.30. The van der Waals surface area contributed by atoms with Crippen molar-refractivity contribution >= 4 is 17.0 Å². The van der Waals surface area contributed by atoms with E-state index in [0.29, 0.717) is 0 Å². The highest BCUT2D eigenvalue weighted by molar-refractivity contribution is 7.07. The highest BCUT2D eigenvalue weighted by Gasteiger charge is 2.03. The Morgan fingerprint density at radius 2 is 2.11 bits per heavy atom. The van der Waals surface area contributed by atoms with E-state index >= 15 is 0 Å². The number of para-hydroxylation sites is 1. The lowest BCUT2D eigenvalue weighted by molar-refractivity contribution is 0.661. The van der Waals surface area contributed by atoms with Gasteiger partial charge >= 0.3 is 0 Å². The van der Waals surface area contributed by atoms with E-state index in [1.807, 2.05) is 0 Å². The zero-order valence-electron chi connectivity index (χ0n) is 11.3. The molecule has 0 amide bonds. The van der Waals surface area contributed by atoms with Crippen LogP contribution in [0.2, 0.25) is 0 Å². The molecule has 0 aliphatic rings. The zero-order chi connectivity index (χ0) is 13.0. The molecule has 0 spiro atoms. The van der Waals surface area contributed by atoms with Crippen LogP contribution in [0.4, 0.5) is 5.69 Å². The summed E-state index contributed by atoms with van der Waals surface area (Å²) in [5.74, 6) is 0. The third kappa shape index (κ3) is 2.72. The van der Waals surface area contributed by atoms with Crippen molar-refractivity contribution < 1.29 is 0 Å². The molecule has 0 bridgehead atoms. The summed E-state index contributed by atoms with van der Waals surface area (Å²) in [6, 6.07) is 6.42. The van der Waals surface area contributed by atoms with Gasteiger partial charge in [0.25, 0.3) is 0 Å². The quantitative estimate of drug-likeness (QED) is 0.788. The van der Waals surface area contributed by atoms with Crippen molar-refractivity contribution in [2.75, 3.05) is 0 Å². The second kappa shape index (κ2) is 6.01. The Morgan fingerprint density at radius 3 is 2.83 bits per heavy atom. The van der Waals surface area contributed by atoms with Gasteiger partial charge in [0.2, 0.25) is 0 Å². The van der Waals surface area contributed by atoms with Crippen LogP contribution in [-0.2, 0) is 13.0 Å². The van der Waals surface area contributed by atoms with E-state index in [4.69, 9.17) is 4.99 Å². The van der Waals surface area contributed by atoms with Crippen LogP contribution in [-0.4, -0.2) is 4.57 Å². The predicted molar refractivity (Wildman–Crippen MR) is 78.4 cm³/mol. The lowest BCUT2D eigenvalue weighted by Gasteiger charge is -2.06. The minimum Gasteiger partial charge on any atom is -0.324 e. The van der Waals surface area contributed by atoms with Crippen molar-refractivity contribution in [3.63, 3.8) is 0 Å². The Hall–Kier alpha value is -1.35. The summed E-state index contributed by atoms with van der Waals surface area (Å²) >= 11 is 1.71. The first-order valence-electron chi connectivity index (χ1n) is 6.53. The average Bonchev–Trinajstić information content (AvgIpc) is 2.80. The summed E-state index contributed by atoms with van der Waals surface area (Å²) in [6.45, 7) is 7.55. The Bertz CT molecular complexity index is 578. The number of hydrogen-bond donors (Lipinski definition) is 0. The number of aryl methyl sites for hydroxylation is 3. The Kier molecular flexibility index (Phi) is 4.37. The van der Waals surface area contributed by atoms with Crippen molar-refractivity contribution in [3.05, 3.63) is 45.7 Å². The minimum atomic E-state index is 1.03. The van der Waals surface area contributed by atoms with E-state index in [-0.39, 0.29) is 0 Å². The standard InChI is InChI=1S/C15H20N2S/c1-4-9-17-10-11-18-15(17)16-14-12(3)7-6-8-13(14)5-2/h6-8,10-11H,4-5,9H2,1-3H3. The molecule has 1 heterocycles. The number of benzene rings is 1. The summed E-state index contributed by atoms with van der Waals surface area (Å²) in [4.78, 5) is 5.97. The van der Waals surface area contributed by atoms with Crippen molar-refractivity contribution in [2.45, 2.75) is 40.2 Å². The van der Waals surface area contributed by atoms with E-state index in [0.717, 1.165) is 29.9 Å². The van der Waals surface area contributed by atoms with Gasteiger partial charge in [-0.2, -0.15) is 0 Å². The first-order valence-corrected chi connectivity index (χ1v) is 7.41. The molecule has 1 aromatic heterocycles. The summed E-state index contributed by atoms with van der Waals surface area (Å²) in [5, 5.41) is 2.11. The molecule has 0 fully saturated rings. The first kappa shape index (κ1) is 13.1. The van der Waals surface area contributed by atoms with E-state index in [1.54, 1.807) is 11.3 Å². The zero-order valence-corrected chi connectivity index (χ0v) is 12.1. The second-order valence-electron chi connectivity index (χ2n) is 4.43. The molecular formula is C15H20N2S. The molecule has 0 aliphatic carbocycles. The van der Waals surface area contributed by atoms with E-state index in [2.05, 4.69) is 55.1 Å². The van der Waals surface area contributed by atoms with Crippen LogP contribution in [0.1, 0.15) is 31.4 Å². The molecule has 96 valence electrons. The van der Waals surface area contributed by atoms with Crippen LogP contribution in [0.15, 0.2) is 34.8 Å². The molecule has 0 N–H and O–H groups in total. The minimum absolute atomic E-state index is 1.03. The largest absolute Gasteiger partial charge is 0.324 e. The average molecular weight is 260 g/mol. The van der Waals surface area contributed by atoms with Crippen LogP contribution in [0.3, 0.4) is 0 Å². The Labute approximate surface area is 113 Å². The number of hydrogen-bond acceptors (Lipinski definition) is 2. The molecule has 18 heavy (non-hydrogen) atoms. The molecule has 2 nitrogen and oxygen atoms in total. The van der Waals surface area contributed by atoms with E-state index in [9.17, 15) is 0 Å². The molecule has 2 rings (SSSR count). The van der Waals surface area contributed by atoms with Gasteiger partial charge in [-0.05, 0) is 30.9 Å². The Balaban J connectivity index is 2.52. The molecule has 3 heteroatoms. The fourth-order valence-corrected chi connectivity index (χ4v) is 2.82. The van der Waals surface area contributed by atoms with Gasteiger partial charge in [-0.15, -0.1) is 11.3 Å².